The van der Waals surface area contributed by atoms with E-state index in [0.29, 0.717) is 17.8 Å². The molecular weight excluding hydrogens is 252 g/mol. The number of benzene rings is 1. The Morgan fingerprint density at radius 1 is 1.30 bits per heavy atom. The van der Waals surface area contributed by atoms with Crippen molar-refractivity contribution in [2.24, 2.45) is 17.8 Å². The van der Waals surface area contributed by atoms with Crippen LogP contribution in [0.3, 0.4) is 0 Å². The van der Waals surface area contributed by atoms with Gasteiger partial charge in [-0.05, 0) is 42.7 Å². The molecule has 1 aromatic rings. The zero-order valence-electron chi connectivity index (χ0n) is 12.5. The summed E-state index contributed by atoms with van der Waals surface area (Å²) in [6.45, 7) is 6.57. The highest BCUT2D eigenvalue weighted by molar-refractivity contribution is 5.92. The molecule has 2 rings (SSSR count). The lowest BCUT2D eigenvalue weighted by atomic mass is 9.75. The van der Waals surface area contributed by atoms with Gasteiger partial charge in [0.05, 0.1) is 0 Å². The lowest BCUT2D eigenvalue weighted by molar-refractivity contribution is -0.0176. The number of carbonyl (C=O) groups excluding carboxylic acids is 1. The van der Waals surface area contributed by atoms with Crippen molar-refractivity contribution in [3.63, 3.8) is 0 Å². The van der Waals surface area contributed by atoms with E-state index in [4.69, 9.17) is 4.74 Å². The number of hydrogen-bond acceptors (Lipinski definition) is 3. The molecule has 110 valence electrons. The van der Waals surface area contributed by atoms with Gasteiger partial charge in [0.25, 0.3) is 0 Å². The number of esters is 1. The van der Waals surface area contributed by atoms with Gasteiger partial charge in [0, 0.05) is 0 Å². The molecule has 0 amide bonds. The van der Waals surface area contributed by atoms with Crippen molar-refractivity contribution in [3.05, 3.63) is 29.8 Å². The second-order valence-corrected chi connectivity index (χ2v) is 6.29. The Kier molecular flexibility index (Phi) is 4.69. The molecule has 1 aliphatic rings. The first-order valence-corrected chi connectivity index (χ1v) is 7.48. The summed E-state index contributed by atoms with van der Waals surface area (Å²) >= 11 is 0. The zero-order chi connectivity index (χ0) is 14.7. The van der Waals surface area contributed by atoms with Gasteiger partial charge >= 0.3 is 5.97 Å². The van der Waals surface area contributed by atoms with E-state index in [-0.39, 0.29) is 17.4 Å². The largest absolute Gasteiger partial charge is 0.507 e. The molecule has 0 radical (unpaired) electrons. The third-order valence-electron chi connectivity index (χ3n) is 4.34. The molecule has 3 heteroatoms. The van der Waals surface area contributed by atoms with Gasteiger partial charge in [-0.2, -0.15) is 0 Å². The predicted molar refractivity (Wildman–Crippen MR) is 78.7 cm³/mol. The third-order valence-corrected chi connectivity index (χ3v) is 4.34. The van der Waals surface area contributed by atoms with Crippen LogP contribution in [0.25, 0.3) is 0 Å². The topological polar surface area (TPSA) is 46.5 Å². The SMILES string of the molecule is CC(C)[C@@H]1CC[C@@H](C)C[C@H]1OC(=O)c1ccccc1O. The summed E-state index contributed by atoms with van der Waals surface area (Å²) in [5.74, 6) is 1.09. The zero-order valence-corrected chi connectivity index (χ0v) is 12.5. The van der Waals surface area contributed by atoms with Crippen LogP contribution in [0, 0.1) is 17.8 Å². The number of hydrogen-bond donors (Lipinski definition) is 1. The fraction of sp³-hybridized carbons (Fsp3) is 0.588. The first-order valence-electron chi connectivity index (χ1n) is 7.48. The van der Waals surface area contributed by atoms with Crippen molar-refractivity contribution >= 4 is 5.97 Å². The minimum atomic E-state index is -0.409. The van der Waals surface area contributed by atoms with Gasteiger partial charge in [0.1, 0.15) is 17.4 Å². The van der Waals surface area contributed by atoms with Gasteiger partial charge in [0.15, 0.2) is 0 Å². The molecule has 20 heavy (non-hydrogen) atoms. The minimum absolute atomic E-state index is 0.0116. The summed E-state index contributed by atoms with van der Waals surface area (Å²) in [7, 11) is 0. The predicted octanol–water partition coefficient (Wildman–Crippen LogP) is 4.01. The van der Waals surface area contributed by atoms with E-state index in [0.717, 1.165) is 12.8 Å². The van der Waals surface area contributed by atoms with E-state index in [1.165, 1.54) is 12.5 Å². The molecule has 3 nitrogen and oxygen atoms in total. The molecule has 0 aromatic heterocycles. The van der Waals surface area contributed by atoms with Crippen LogP contribution >= 0.6 is 0 Å². The van der Waals surface area contributed by atoms with Crippen molar-refractivity contribution in [3.8, 4) is 5.75 Å². The highest BCUT2D eigenvalue weighted by atomic mass is 16.5. The molecule has 0 unspecified atom stereocenters. The van der Waals surface area contributed by atoms with Crippen molar-refractivity contribution in [1.29, 1.82) is 0 Å². The standard InChI is InChI=1S/C17H24O3/c1-11(2)13-9-8-12(3)10-16(13)20-17(19)14-6-4-5-7-15(14)18/h4-7,11-13,16,18H,8-10H2,1-3H3/t12-,13+,16-/m1/s1. The lowest BCUT2D eigenvalue weighted by Crippen LogP contribution is -2.35. The van der Waals surface area contributed by atoms with E-state index in [1.54, 1.807) is 18.2 Å². The van der Waals surface area contributed by atoms with Gasteiger partial charge in [-0.25, -0.2) is 4.79 Å². The van der Waals surface area contributed by atoms with Gasteiger partial charge in [-0.1, -0.05) is 39.3 Å². The number of aromatic hydroxyl groups is 1. The molecule has 1 N–H and O–H groups in total. The monoisotopic (exact) mass is 276 g/mol. The van der Waals surface area contributed by atoms with E-state index in [1.807, 2.05) is 0 Å². The molecule has 1 saturated carbocycles. The molecule has 0 bridgehead atoms. The fourth-order valence-corrected chi connectivity index (χ4v) is 3.10. The van der Waals surface area contributed by atoms with Crippen LogP contribution in [0.1, 0.15) is 50.4 Å². The Balaban J connectivity index is 2.10. The Bertz CT molecular complexity index is 467. The lowest BCUT2D eigenvalue weighted by Gasteiger charge is -2.36. The number of phenolic OH excluding ortho intramolecular Hbond substituents is 1. The van der Waals surface area contributed by atoms with Crippen molar-refractivity contribution in [2.75, 3.05) is 0 Å². The average molecular weight is 276 g/mol. The second kappa shape index (κ2) is 6.29. The molecule has 3 atom stereocenters. The fourth-order valence-electron chi connectivity index (χ4n) is 3.10. The summed E-state index contributed by atoms with van der Waals surface area (Å²) in [6, 6.07) is 6.56. The van der Waals surface area contributed by atoms with Gasteiger partial charge < -0.3 is 9.84 Å². The molecule has 0 spiro atoms. The van der Waals surface area contributed by atoms with Gasteiger partial charge in [-0.15, -0.1) is 0 Å². The van der Waals surface area contributed by atoms with Crippen molar-refractivity contribution in [1.82, 2.24) is 0 Å². The maximum Gasteiger partial charge on any atom is 0.342 e. The minimum Gasteiger partial charge on any atom is -0.507 e. The van der Waals surface area contributed by atoms with Crippen molar-refractivity contribution in [2.45, 2.75) is 46.1 Å². The highest BCUT2D eigenvalue weighted by Gasteiger charge is 2.33. The van der Waals surface area contributed by atoms with Gasteiger partial charge in [-0.3, -0.25) is 0 Å². The van der Waals surface area contributed by atoms with E-state index in [9.17, 15) is 9.90 Å². The normalized spacial score (nSPS) is 26.5. The molecule has 0 heterocycles. The smallest absolute Gasteiger partial charge is 0.342 e. The maximum atomic E-state index is 12.2. The second-order valence-electron chi connectivity index (χ2n) is 6.29. The average Bonchev–Trinajstić information content (AvgIpc) is 2.38. The van der Waals surface area contributed by atoms with E-state index >= 15 is 0 Å². The Morgan fingerprint density at radius 2 is 2.00 bits per heavy atom. The number of para-hydroxylation sites is 1. The molecule has 1 aliphatic carbocycles. The first kappa shape index (κ1) is 14.9. The van der Waals surface area contributed by atoms with Crippen LogP contribution in [0.5, 0.6) is 5.75 Å². The molecular formula is C17H24O3. The summed E-state index contributed by atoms with van der Waals surface area (Å²) in [4.78, 5) is 12.2. The summed E-state index contributed by atoms with van der Waals surface area (Å²) in [5, 5.41) is 9.74. The summed E-state index contributed by atoms with van der Waals surface area (Å²) < 4.78 is 5.70. The molecule has 0 saturated heterocycles. The number of phenols is 1. The quantitative estimate of drug-likeness (QED) is 0.848. The van der Waals surface area contributed by atoms with Crippen LogP contribution in [0.4, 0.5) is 0 Å². The highest BCUT2D eigenvalue weighted by Crippen LogP contribution is 2.36. The van der Waals surface area contributed by atoms with E-state index < -0.39 is 5.97 Å². The van der Waals surface area contributed by atoms with Crippen LogP contribution in [0.15, 0.2) is 24.3 Å². The Labute approximate surface area is 121 Å². The maximum absolute atomic E-state index is 12.2. The summed E-state index contributed by atoms with van der Waals surface area (Å²) in [6.07, 6.45) is 3.19. The van der Waals surface area contributed by atoms with Gasteiger partial charge in [0.2, 0.25) is 0 Å². The van der Waals surface area contributed by atoms with E-state index in [2.05, 4.69) is 20.8 Å². The summed E-state index contributed by atoms with van der Waals surface area (Å²) in [5.41, 5.74) is 0.258. The molecule has 1 fully saturated rings. The Morgan fingerprint density at radius 3 is 2.65 bits per heavy atom. The molecule has 0 aliphatic heterocycles. The van der Waals surface area contributed by atoms with Crippen LogP contribution < -0.4 is 0 Å². The number of ether oxygens (including phenoxy) is 1. The number of rotatable bonds is 3. The van der Waals surface area contributed by atoms with Crippen LogP contribution in [-0.4, -0.2) is 17.2 Å². The van der Waals surface area contributed by atoms with Crippen molar-refractivity contribution < 1.29 is 14.6 Å². The van der Waals surface area contributed by atoms with Crippen LogP contribution in [0.2, 0.25) is 0 Å². The Hall–Kier alpha value is -1.51. The molecule has 1 aromatic carbocycles. The number of carbonyl (C=O) groups is 1. The third kappa shape index (κ3) is 3.33. The van der Waals surface area contributed by atoms with Crippen LogP contribution in [-0.2, 0) is 4.74 Å². The first-order chi connectivity index (χ1) is 9.49.